The number of carbonyl (C=O) groups is 1. The molecule has 3 aromatic carbocycles. The lowest BCUT2D eigenvalue weighted by Crippen LogP contribution is -2.04. The molecule has 0 aliphatic carbocycles. The number of aromatic carboxylic acids is 1. The van der Waals surface area contributed by atoms with Gasteiger partial charge in [0.05, 0.1) is 22.7 Å². The van der Waals surface area contributed by atoms with E-state index in [0.717, 1.165) is 23.4 Å². The Morgan fingerprint density at radius 2 is 1.85 bits per heavy atom. The molecule has 0 fully saturated rings. The Hall–Kier alpha value is -3.34. The normalized spacial score (nSPS) is 12.5. The van der Waals surface area contributed by atoms with Crippen LogP contribution in [-0.2, 0) is 9.84 Å². The number of aromatic amines is 1. The number of ether oxygens (including phenoxy) is 1. The maximum absolute atomic E-state index is 12.1. The number of fused-ring (bicyclic) bond motifs is 1. The average molecular weight is 485 g/mol. The molecule has 1 atom stereocenters. The van der Waals surface area contributed by atoms with E-state index in [4.69, 9.17) is 9.84 Å². The van der Waals surface area contributed by atoms with Gasteiger partial charge in [-0.2, -0.15) is 0 Å². The summed E-state index contributed by atoms with van der Waals surface area (Å²) in [7, 11) is -3.71. The highest BCUT2D eigenvalue weighted by Gasteiger charge is 2.19. The molecule has 0 aliphatic heterocycles. The molecular formula is C23H20N2O6S2. The second kappa shape index (κ2) is 9.26. The van der Waals surface area contributed by atoms with Gasteiger partial charge in [-0.1, -0.05) is 36.0 Å². The molecule has 1 unspecified atom stereocenters. The van der Waals surface area contributed by atoms with Crippen LogP contribution in [-0.4, -0.2) is 46.6 Å². The summed E-state index contributed by atoms with van der Waals surface area (Å²) in [5.74, 6) is -0.472. The van der Waals surface area contributed by atoms with Gasteiger partial charge in [0.2, 0.25) is 0 Å². The number of nitrogens with zero attached hydrogens (tertiary/aromatic N) is 1. The van der Waals surface area contributed by atoms with Crippen LogP contribution in [0.5, 0.6) is 11.5 Å². The van der Waals surface area contributed by atoms with Crippen LogP contribution in [0.2, 0.25) is 0 Å². The van der Waals surface area contributed by atoms with Crippen molar-refractivity contribution in [3.8, 4) is 11.5 Å². The highest BCUT2D eigenvalue weighted by molar-refractivity contribution is 7.99. The summed E-state index contributed by atoms with van der Waals surface area (Å²) in [6.45, 7) is 0. The first kappa shape index (κ1) is 22.8. The monoisotopic (exact) mass is 484 g/mol. The van der Waals surface area contributed by atoms with Gasteiger partial charge in [0.15, 0.2) is 15.0 Å². The number of nitrogens with one attached hydrogen (secondary N) is 1. The SMILES string of the molecule is CS(=O)(=O)c1cc(C(=O)O)ccc1Oc1ccc(C(O)CSc2nc3ccccc3[nH]2)cc1. The van der Waals surface area contributed by atoms with E-state index >= 15 is 0 Å². The number of aromatic nitrogens is 2. The predicted octanol–water partition coefficient (Wildman–Crippen LogP) is 4.28. The first-order chi connectivity index (χ1) is 15.7. The minimum absolute atomic E-state index is 0.0243. The number of para-hydroxylation sites is 2. The number of hydrogen-bond donors (Lipinski definition) is 3. The molecule has 3 N–H and O–H groups in total. The molecule has 170 valence electrons. The smallest absolute Gasteiger partial charge is 0.335 e. The molecule has 0 spiro atoms. The second-order valence-corrected chi connectivity index (χ2v) is 10.3. The fraction of sp³-hybridized carbons (Fsp3) is 0.130. The van der Waals surface area contributed by atoms with Crippen molar-refractivity contribution in [2.24, 2.45) is 0 Å². The maximum atomic E-state index is 12.1. The highest BCUT2D eigenvalue weighted by atomic mass is 32.2. The quantitative estimate of drug-likeness (QED) is 0.316. The van der Waals surface area contributed by atoms with Crippen molar-refractivity contribution < 1.29 is 28.2 Å². The van der Waals surface area contributed by atoms with E-state index in [1.54, 1.807) is 24.3 Å². The Morgan fingerprint density at radius 1 is 1.12 bits per heavy atom. The van der Waals surface area contributed by atoms with Gasteiger partial charge in [0.25, 0.3) is 0 Å². The van der Waals surface area contributed by atoms with Crippen LogP contribution in [0.4, 0.5) is 0 Å². The zero-order valence-corrected chi connectivity index (χ0v) is 19.1. The molecule has 0 amide bonds. The van der Waals surface area contributed by atoms with Crippen LogP contribution in [0.25, 0.3) is 11.0 Å². The first-order valence-electron chi connectivity index (χ1n) is 9.81. The molecule has 4 aromatic rings. The van der Waals surface area contributed by atoms with Crippen molar-refractivity contribution in [2.75, 3.05) is 12.0 Å². The molecule has 0 aliphatic rings. The number of aliphatic hydroxyl groups is 1. The van der Waals surface area contributed by atoms with Gasteiger partial charge in [-0.25, -0.2) is 18.2 Å². The Morgan fingerprint density at radius 3 is 2.52 bits per heavy atom. The maximum Gasteiger partial charge on any atom is 0.335 e. The summed E-state index contributed by atoms with van der Waals surface area (Å²) >= 11 is 1.40. The Bertz CT molecular complexity index is 1380. The molecule has 8 nitrogen and oxygen atoms in total. The van der Waals surface area contributed by atoms with E-state index in [-0.39, 0.29) is 16.2 Å². The van der Waals surface area contributed by atoms with Crippen LogP contribution in [0.1, 0.15) is 22.0 Å². The average Bonchev–Trinajstić information content (AvgIpc) is 3.20. The van der Waals surface area contributed by atoms with E-state index in [1.165, 1.54) is 23.9 Å². The molecule has 33 heavy (non-hydrogen) atoms. The van der Waals surface area contributed by atoms with Crippen LogP contribution in [0.3, 0.4) is 0 Å². The number of thioether (sulfide) groups is 1. The summed E-state index contributed by atoms with van der Waals surface area (Å²) in [5, 5.41) is 20.4. The number of rotatable bonds is 8. The van der Waals surface area contributed by atoms with E-state index in [0.29, 0.717) is 22.2 Å². The summed E-state index contributed by atoms with van der Waals surface area (Å²) < 4.78 is 29.9. The van der Waals surface area contributed by atoms with Crippen LogP contribution in [0.15, 0.2) is 76.8 Å². The van der Waals surface area contributed by atoms with Crippen molar-refractivity contribution in [3.63, 3.8) is 0 Å². The van der Waals surface area contributed by atoms with Crippen molar-refractivity contribution in [1.29, 1.82) is 0 Å². The third kappa shape index (κ3) is 5.36. The molecule has 0 saturated heterocycles. The molecular weight excluding hydrogens is 464 g/mol. The van der Waals surface area contributed by atoms with Crippen molar-refractivity contribution in [1.82, 2.24) is 9.97 Å². The van der Waals surface area contributed by atoms with E-state index in [9.17, 15) is 18.3 Å². The molecule has 10 heteroatoms. The highest BCUT2D eigenvalue weighted by Crippen LogP contribution is 2.31. The number of imidazole rings is 1. The summed E-state index contributed by atoms with van der Waals surface area (Å²) in [4.78, 5) is 18.6. The Balaban J connectivity index is 1.45. The number of hydrogen-bond acceptors (Lipinski definition) is 7. The molecule has 0 saturated carbocycles. The van der Waals surface area contributed by atoms with Crippen molar-refractivity contribution in [2.45, 2.75) is 16.2 Å². The number of sulfone groups is 1. The third-order valence-electron chi connectivity index (χ3n) is 4.83. The fourth-order valence-electron chi connectivity index (χ4n) is 3.15. The van der Waals surface area contributed by atoms with Gasteiger partial charge in [-0.15, -0.1) is 0 Å². The zero-order valence-electron chi connectivity index (χ0n) is 17.4. The van der Waals surface area contributed by atoms with Crippen molar-refractivity contribution in [3.05, 3.63) is 77.9 Å². The Labute approximate surface area is 194 Å². The van der Waals surface area contributed by atoms with Gasteiger partial charge < -0.3 is 19.9 Å². The second-order valence-electron chi connectivity index (χ2n) is 7.30. The minimum Gasteiger partial charge on any atom is -0.478 e. The van der Waals surface area contributed by atoms with E-state index < -0.39 is 21.9 Å². The standard InChI is InChI=1S/C23H20N2O6S2/c1-33(29,30)21-12-15(22(27)28)8-11-20(21)31-16-9-6-14(7-10-16)19(26)13-32-23-24-17-4-2-3-5-18(17)25-23/h2-12,19,26H,13H2,1H3,(H,24,25)(H,27,28). The topological polar surface area (TPSA) is 130 Å². The molecule has 4 rings (SSSR count). The minimum atomic E-state index is -3.71. The summed E-state index contributed by atoms with van der Waals surface area (Å²) in [6.07, 6.45) is 0.235. The van der Waals surface area contributed by atoms with E-state index in [1.807, 2.05) is 24.3 Å². The lowest BCUT2D eigenvalue weighted by atomic mass is 10.1. The molecule has 1 heterocycles. The van der Waals surface area contributed by atoms with Crippen LogP contribution >= 0.6 is 11.8 Å². The lowest BCUT2D eigenvalue weighted by molar-refractivity contribution is 0.0696. The van der Waals surface area contributed by atoms with Gasteiger partial charge in [0.1, 0.15) is 16.4 Å². The summed E-state index contributed by atoms with van der Waals surface area (Å²) in [5.41, 5.74) is 2.31. The van der Waals surface area contributed by atoms with Gasteiger partial charge >= 0.3 is 5.97 Å². The van der Waals surface area contributed by atoms with Crippen LogP contribution in [0, 0.1) is 0 Å². The number of carboxylic acid groups (broad SMARTS) is 1. The lowest BCUT2D eigenvalue weighted by Gasteiger charge is -2.13. The van der Waals surface area contributed by atoms with E-state index in [2.05, 4.69) is 9.97 Å². The number of carboxylic acids is 1. The summed E-state index contributed by atoms with van der Waals surface area (Å²) in [6, 6.07) is 17.9. The van der Waals surface area contributed by atoms with Crippen molar-refractivity contribution >= 4 is 38.6 Å². The first-order valence-corrected chi connectivity index (χ1v) is 12.7. The molecule has 0 radical (unpaired) electrons. The largest absolute Gasteiger partial charge is 0.478 e. The van der Waals surface area contributed by atoms with Crippen LogP contribution < -0.4 is 4.74 Å². The number of H-pyrrole nitrogens is 1. The fourth-order valence-corrected chi connectivity index (χ4v) is 4.82. The third-order valence-corrected chi connectivity index (χ3v) is 6.90. The molecule has 0 bridgehead atoms. The Kier molecular flexibility index (Phi) is 6.41. The predicted molar refractivity (Wildman–Crippen MR) is 125 cm³/mol. The molecule has 1 aromatic heterocycles. The number of aliphatic hydroxyl groups excluding tert-OH is 1. The number of benzene rings is 3. The van der Waals surface area contributed by atoms with Gasteiger partial charge in [-0.05, 0) is 48.0 Å². The zero-order chi connectivity index (χ0) is 23.6. The van der Waals surface area contributed by atoms with Gasteiger partial charge in [-0.3, -0.25) is 0 Å². The van der Waals surface area contributed by atoms with Gasteiger partial charge in [0, 0.05) is 12.0 Å².